The highest BCUT2D eigenvalue weighted by atomic mass is 79.9. The molecule has 1 N–H and O–H groups in total. The van der Waals surface area contributed by atoms with Crippen molar-refractivity contribution in [3.8, 4) is 0 Å². The highest BCUT2D eigenvalue weighted by molar-refractivity contribution is 9.11. The molecule has 1 aliphatic rings. The molecule has 8 heteroatoms. The molecule has 1 aliphatic heterocycles. The second-order valence-corrected chi connectivity index (χ2v) is 8.82. The summed E-state index contributed by atoms with van der Waals surface area (Å²) in [6, 6.07) is 9.96. The summed E-state index contributed by atoms with van der Waals surface area (Å²) in [6.07, 6.45) is 3.81. The molecule has 0 unspecified atom stereocenters. The minimum absolute atomic E-state index is 0.203. The number of halogens is 4. The number of ether oxygens (including phenoxy) is 1. The summed E-state index contributed by atoms with van der Waals surface area (Å²) in [5, 5.41) is 2.06. The van der Waals surface area contributed by atoms with Crippen LogP contribution in [0.5, 0.6) is 0 Å². The molecule has 1 saturated heterocycles. The molecule has 2 aromatic heterocycles. The van der Waals surface area contributed by atoms with Crippen molar-refractivity contribution in [3.63, 3.8) is 0 Å². The average Bonchev–Trinajstić information content (AvgIpc) is 3.35. The van der Waals surface area contributed by atoms with Gasteiger partial charge in [0.05, 0.1) is 18.7 Å². The number of fused-ring (bicyclic) bond motifs is 2. The van der Waals surface area contributed by atoms with Crippen LogP contribution in [0.15, 0.2) is 57.7 Å². The molecule has 0 spiro atoms. The van der Waals surface area contributed by atoms with E-state index < -0.39 is 0 Å². The van der Waals surface area contributed by atoms with E-state index in [1.807, 2.05) is 18.3 Å². The largest absolute Gasteiger partial charge is 0.379 e. The molecule has 158 valence electrons. The zero-order chi connectivity index (χ0) is 21.1. The lowest BCUT2D eigenvalue weighted by Crippen LogP contribution is -2.38. The standard InChI is InChI=1S/C14H16BrFN2O.C8H5BrFN/c15-13-9-11(16)10-14-12(13)1-2-18(14)4-3-17-5-7-19-8-6-17;9-7-3-5(10)4-8-6(7)1-2-11-8/h1-2,9-10H,3-8H2;1-4,11H. The molecule has 0 atom stereocenters. The number of aromatic amines is 1. The van der Waals surface area contributed by atoms with Crippen molar-refractivity contribution >= 4 is 53.7 Å². The summed E-state index contributed by atoms with van der Waals surface area (Å²) >= 11 is 6.68. The van der Waals surface area contributed by atoms with Crippen LogP contribution in [0.1, 0.15) is 0 Å². The molecular formula is C22H21Br2F2N3O. The first kappa shape index (κ1) is 21.5. The molecule has 30 heavy (non-hydrogen) atoms. The van der Waals surface area contributed by atoms with Gasteiger partial charge in [0.2, 0.25) is 0 Å². The number of hydrogen-bond acceptors (Lipinski definition) is 2. The smallest absolute Gasteiger partial charge is 0.126 e. The Morgan fingerprint density at radius 3 is 2.37 bits per heavy atom. The summed E-state index contributed by atoms with van der Waals surface area (Å²) in [5.74, 6) is -0.433. The zero-order valence-electron chi connectivity index (χ0n) is 16.2. The topological polar surface area (TPSA) is 33.2 Å². The van der Waals surface area contributed by atoms with Crippen molar-refractivity contribution < 1.29 is 13.5 Å². The molecule has 0 bridgehead atoms. The number of morpholine rings is 1. The molecule has 3 heterocycles. The van der Waals surface area contributed by atoms with Crippen LogP contribution < -0.4 is 0 Å². The van der Waals surface area contributed by atoms with Gasteiger partial charge in [-0.25, -0.2) is 8.78 Å². The molecule has 4 nitrogen and oxygen atoms in total. The fraction of sp³-hybridized carbons (Fsp3) is 0.273. The Morgan fingerprint density at radius 1 is 0.900 bits per heavy atom. The van der Waals surface area contributed by atoms with Crippen molar-refractivity contribution in [2.45, 2.75) is 6.54 Å². The molecule has 1 fully saturated rings. The maximum absolute atomic E-state index is 13.5. The number of nitrogens with zero attached hydrogens (tertiary/aromatic N) is 2. The highest BCUT2D eigenvalue weighted by Crippen LogP contribution is 2.26. The Balaban J connectivity index is 0.000000168. The van der Waals surface area contributed by atoms with E-state index in [-0.39, 0.29) is 11.6 Å². The van der Waals surface area contributed by atoms with Crippen molar-refractivity contribution in [1.29, 1.82) is 0 Å². The van der Waals surface area contributed by atoms with Crippen LogP contribution in [0, 0.1) is 11.6 Å². The van der Waals surface area contributed by atoms with Gasteiger partial charge in [-0.2, -0.15) is 0 Å². The van der Waals surface area contributed by atoms with Crippen molar-refractivity contribution in [2.24, 2.45) is 0 Å². The van der Waals surface area contributed by atoms with Gasteiger partial charge in [-0.05, 0) is 68.3 Å². The van der Waals surface area contributed by atoms with Gasteiger partial charge in [-0.3, -0.25) is 4.90 Å². The van der Waals surface area contributed by atoms with E-state index in [1.54, 1.807) is 12.3 Å². The SMILES string of the molecule is Fc1cc(Br)c2cc[nH]c2c1.Fc1cc(Br)c2ccn(CCN3CCOCC3)c2c1. The minimum atomic E-state index is -0.230. The average molecular weight is 541 g/mol. The lowest BCUT2D eigenvalue weighted by Gasteiger charge is -2.26. The van der Waals surface area contributed by atoms with E-state index in [1.165, 1.54) is 18.2 Å². The van der Waals surface area contributed by atoms with Gasteiger partial charge in [0.1, 0.15) is 11.6 Å². The van der Waals surface area contributed by atoms with E-state index in [2.05, 4.69) is 46.3 Å². The first-order valence-corrected chi connectivity index (χ1v) is 11.3. The second kappa shape index (κ2) is 9.60. The predicted octanol–water partition coefficient (Wildman–Crippen LogP) is 5.94. The lowest BCUT2D eigenvalue weighted by atomic mass is 10.2. The van der Waals surface area contributed by atoms with Gasteiger partial charge in [-0.15, -0.1) is 0 Å². The molecule has 4 aromatic rings. The van der Waals surface area contributed by atoms with Crippen LogP contribution in [-0.2, 0) is 11.3 Å². The zero-order valence-corrected chi connectivity index (χ0v) is 19.3. The summed E-state index contributed by atoms with van der Waals surface area (Å²) in [6.45, 7) is 5.44. The Bertz CT molecular complexity index is 1150. The molecule has 2 aromatic carbocycles. The highest BCUT2D eigenvalue weighted by Gasteiger charge is 2.11. The van der Waals surface area contributed by atoms with Crippen LogP contribution in [0.25, 0.3) is 21.8 Å². The quantitative estimate of drug-likeness (QED) is 0.348. The normalized spacial score (nSPS) is 14.8. The lowest BCUT2D eigenvalue weighted by molar-refractivity contribution is 0.0365. The van der Waals surface area contributed by atoms with E-state index in [9.17, 15) is 8.78 Å². The van der Waals surface area contributed by atoms with E-state index >= 15 is 0 Å². The molecule has 0 aliphatic carbocycles. The van der Waals surface area contributed by atoms with Crippen molar-refractivity contribution in [1.82, 2.24) is 14.5 Å². The maximum atomic E-state index is 13.5. The number of benzene rings is 2. The Morgan fingerprint density at radius 2 is 1.60 bits per heavy atom. The Kier molecular flexibility index (Phi) is 6.87. The van der Waals surface area contributed by atoms with Gasteiger partial charge >= 0.3 is 0 Å². The molecule has 0 radical (unpaired) electrons. The van der Waals surface area contributed by atoms with Crippen LogP contribution in [0.2, 0.25) is 0 Å². The van der Waals surface area contributed by atoms with Gasteiger partial charge in [0.25, 0.3) is 0 Å². The molecule has 0 amide bonds. The molecular weight excluding hydrogens is 520 g/mol. The van der Waals surface area contributed by atoms with Gasteiger partial charge in [0.15, 0.2) is 0 Å². The number of H-pyrrole nitrogens is 1. The summed E-state index contributed by atoms with van der Waals surface area (Å²) in [4.78, 5) is 5.31. The second-order valence-electron chi connectivity index (χ2n) is 7.11. The van der Waals surface area contributed by atoms with Crippen molar-refractivity contribution in [3.05, 3.63) is 69.4 Å². The summed E-state index contributed by atoms with van der Waals surface area (Å²) < 4.78 is 35.2. The van der Waals surface area contributed by atoms with Crippen LogP contribution in [0.4, 0.5) is 8.78 Å². The number of hydrogen-bond donors (Lipinski definition) is 1. The fourth-order valence-electron chi connectivity index (χ4n) is 3.58. The maximum Gasteiger partial charge on any atom is 0.126 e. The number of aromatic nitrogens is 2. The Labute approximate surface area is 190 Å². The first-order chi connectivity index (χ1) is 14.5. The molecule has 5 rings (SSSR count). The van der Waals surface area contributed by atoms with Gasteiger partial charge in [0, 0.05) is 63.8 Å². The third kappa shape index (κ3) is 4.94. The van der Waals surface area contributed by atoms with Crippen LogP contribution >= 0.6 is 31.9 Å². The molecule has 0 saturated carbocycles. The van der Waals surface area contributed by atoms with E-state index in [4.69, 9.17) is 4.74 Å². The summed E-state index contributed by atoms with van der Waals surface area (Å²) in [7, 11) is 0. The predicted molar refractivity (Wildman–Crippen MR) is 123 cm³/mol. The number of nitrogens with one attached hydrogen (secondary N) is 1. The van der Waals surface area contributed by atoms with Crippen molar-refractivity contribution in [2.75, 3.05) is 32.8 Å². The monoisotopic (exact) mass is 539 g/mol. The first-order valence-electron chi connectivity index (χ1n) is 9.67. The fourth-order valence-corrected chi connectivity index (χ4v) is 4.69. The van der Waals surface area contributed by atoms with E-state index in [0.29, 0.717) is 0 Å². The van der Waals surface area contributed by atoms with Crippen LogP contribution in [-0.4, -0.2) is 47.3 Å². The number of rotatable bonds is 3. The summed E-state index contributed by atoms with van der Waals surface area (Å²) in [5.41, 5.74) is 1.76. The van der Waals surface area contributed by atoms with Gasteiger partial charge in [-0.1, -0.05) is 0 Å². The minimum Gasteiger partial charge on any atom is -0.379 e. The van der Waals surface area contributed by atoms with Crippen LogP contribution in [0.3, 0.4) is 0 Å². The third-order valence-corrected chi connectivity index (χ3v) is 6.46. The third-order valence-electron chi connectivity index (χ3n) is 5.15. The Hall–Kier alpha value is -1.74. The van der Waals surface area contributed by atoms with E-state index in [0.717, 1.165) is 70.1 Å². The van der Waals surface area contributed by atoms with Gasteiger partial charge < -0.3 is 14.3 Å².